The maximum atomic E-state index is 12.7. The van der Waals surface area contributed by atoms with Crippen molar-refractivity contribution in [2.45, 2.75) is 83.6 Å². The van der Waals surface area contributed by atoms with Crippen LogP contribution in [0.25, 0.3) is 0 Å². The topological polar surface area (TPSA) is 41.6 Å². The minimum atomic E-state index is -0.129. The van der Waals surface area contributed by atoms with E-state index in [0.717, 1.165) is 24.2 Å². The number of ether oxygens (including phenoxy) is 1. The number of carbonyl (C=O) groups excluding carboxylic acids is 1. The molecule has 1 aromatic rings. The fourth-order valence-corrected chi connectivity index (χ4v) is 3.79. The highest BCUT2D eigenvalue weighted by molar-refractivity contribution is 5.87. The highest BCUT2D eigenvalue weighted by Gasteiger charge is 2.36. The molecule has 1 atom stereocenters. The molecule has 0 aromatic heterocycles. The molecular formula is C21H32N2O2. The van der Waals surface area contributed by atoms with Crippen LogP contribution in [-0.2, 0) is 16.1 Å². The van der Waals surface area contributed by atoms with Crippen LogP contribution in [0.1, 0.15) is 64.9 Å². The molecule has 1 saturated carbocycles. The van der Waals surface area contributed by atoms with E-state index in [1.165, 1.54) is 32.1 Å². The number of benzene rings is 1. The zero-order chi connectivity index (χ0) is 17.9. The molecule has 1 N–H and O–H groups in total. The van der Waals surface area contributed by atoms with Crippen molar-refractivity contribution in [3.63, 3.8) is 0 Å². The molecule has 1 unspecified atom stereocenters. The third-order valence-corrected chi connectivity index (χ3v) is 5.22. The van der Waals surface area contributed by atoms with Crippen molar-refractivity contribution in [2.24, 2.45) is 0 Å². The van der Waals surface area contributed by atoms with Crippen molar-refractivity contribution in [3.8, 4) is 0 Å². The van der Waals surface area contributed by atoms with Gasteiger partial charge in [-0.05, 0) is 57.7 Å². The number of nitrogens with zero attached hydrogens (tertiary/aromatic N) is 1. The van der Waals surface area contributed by atoms with Crippen molar-refractivity contribution in [1.29, 1.82) is 0 Å². The van der Waals surface area contributed by atoms with Gasteiger partial charge in [-0.2, -0.15) is 0 Å². The number of hydrogen-bond donors (Lipinski definition) is 1. The first kappa shape index (κ1) is 18.2. The summed E-state index contributed by atoms with van der Waals surface area (Å²) in [4.78, 5) is 14.9. The Bertz CT molecular complexity index is 571. The van der Waals surface area contributed by atoms with Gasteiger partial charge in [-0.25, -0.2) is 0 Å². The van der Waals surface area contributed by atoms with Crippen LogP contribution in [0, 0.1) is 0 Å². The molecule has 2 aliphatic rings. The van der Waals surface area contributed by atoms with Crippen molar-refractivity contribution in [2.75, 3.05) is 11.9 Å². The second-order valence-electron chi connectivity index (χ2n) is 8.41. The molecule has 25 heavy (non-hydrogen) atoms. The van der Waals surface area contributed by atoms with Gasteiger partial charge in [0.1, 0.15) is 6.04 Å². The highest BCUT2D eigenvalue weighted by Crippen LogP contribution is 2.27. The summed E-state index contributed by atoms with van der Waals surface area (Å²) >= 11 is 0. The third kappa shape index (κ3) is 4.97. The number of amides is 1. The Kier molecular flexibility index (Phi) is 5.67. The SMILES string of the molecule is CC(C)(C)OCc1ccc(NC2CCN(C3CCCCC3)C2=O)cc1. The second kappa shape index (κ2) is 7.77. The normalized spacial score (nSPS) is 22.4. The van der Waals surface area contributed by atoms with Crippen LogP contribution in [0.3, 0.4) is 0 Å². The molecule has 3 rings (SSSR count). The first-order valence-electron chi connectivity index (χ1n) is 9.72. The molecule has 1 heterocycles. The predicted octanol–water partition coefficient (Wildman–Crippen LogP) is 4.35. The molecule has 4 nitrogen and oxygen atoms in total. The third-order valence-electron chi connectivity index (χ3n) is 5.22. The number of likely N-dealkylation sites (tertiary alicyclic amines) is 1. The van der Waals surface area contributed by atoms with E-state index in [0.29, 0.717) is 12.6 Å². The van der Waals surface area contributed by atoms with Crippen molar-refractivity contribution < 1.29 is 9.53 Å². The lowest BCUT2D eigenvalue weighted by molar-refractivity contribution is -0.130. The van der Waals surface area contributed by atoms with E-state index in [1.807, 2.05) is 0 Å². The summed E-state index contributed by atoms with van der Waals surface area (Å²) in [6, 6.07) is 8.66. The number of carbonyl (C=O) groups is 1. The van der Waals surface area contributed by atoms with Crippen molar-refractivity contribution in [3.05, 3.63) is 29.8 Å². The maximum absolute atomic E-state index is 12.7. The molecular weight excluding hydrogens is 312 g/mol. The van der Waals surface area contributed by atoms with Crippen molar-refractivity contribution in [1.82, 2.24) is 4.90 Å². The van der Waals surface area contributed by atoms with E-state index in [1.54, 1.807) is 0 Å². The fourth-order valence-electron chi connectivity index (χ4n) is 3.79. The monoisotopic (exact) mass is 344 g/mol. The Morgan fingerprint density at radius 1 is 1.08 bits per heavy atom. The maximum Gasteiger partial charge on any atom is 0.245 e. The smallest absolute Gasteiger partial charge is 0.245 e. The van der Waals surface area contributed by atoms with Gasteiger partial charge < -0.3 is 15.0 Å². The van der Waals surface area contributed by atoms with Gasteiger partial charge in [-0.15, -0.1) is 0 Å². The average Bonchev–Trinajstić information content (AvgIpc) is 2.95. The molecule has 0 bridgehead atoms. The van der Waals surface area contributed by atoms with Crippen LogP contribution in [0.2, 0.25) is 0 Å². The van der Waals surface area contributed by atoms with Gasteiger partial charge in [0, 0.05) is 18.3 Å². The zero-order valence-corrected chi connectivity index (χ0v) is 15.9. The van der Waals surface area contributed by atoms with E-state index < -0.39 is 0 Å². The number of hydrogen-bond acceptors (Lipinski definition) is 3. The van der Waals surface area contributed by atoms with E-state index in [9.17, 15) is 4.79 Å². The van der Waals surface area contributed by atoms with Crippen LogP contribution in [-0.4, -0.2) is 35.0 Å². The lowest BCUT2D eigenvalue weighted by Gasteiger charge is -2.31. The van der Waals surface area contributed by atoms with Crippen LogP contribution in [0.15, 0.2) is 24.3 Å². The van der Waals surface area contributed by atoms with Gasteiger partial charge in [0.15, 0.2) is 0 Å². The number of rotatable bonds is 5. The van der Waals surface area contributed by atoms with Gasteiger partial charge in [0.25, 0.3) is 0 Å². The molecule has 138 valence electrons. The lowest BCUT2D eigenvalue weighted by Crippen LogP contribution is -2.41. The Hall–Kier alpha value is -1.55. The van der Waals surface area contributed by atoms with Crippen LogP contribution < -0.4 is 5.32 Å². The molecule has 0 radical (unpaired) electrons. The lowest BCUT2D eigenvalue weighted by atomic mass is 9.94. The summed E-state index contributed by atoms with van der Waals surface area (Å²) in [7, 11) is 0. The molecule has 1 aliphatic heterocycles. The minimum absolute atomic E-state index is 0.0707. The van der Waals surface area contributed by atoms with Gasteiger partial charge in [0.05, 0.1) is 12.2 Å². The van der Waals surface area contributed by atoms with Crippen LogP contribution in [0.5, 0.6) is 0 Å². The molecule has 0 spiro atoms. The van der Waals surface area contributed by atoms with Gasteiger partial charge >= 0.3 is 0 Å². The molecule has 4 heteroatoms. The summed E-state index contributed by atoms with van der Waals surface area (Å²) in [5.41, 5.74) is 2.04. The van der Waals surface area contributed by atoms with E-state index >= 15 is 0 Å². The van der Waals surface area contributed by atoms with Gasteiger partial charge in [0.2, 0.25) is 5.91 Å². The summed E-state index contributed by atoms with van der Waals surface area (Å²) in [6.07, 6.45) is 7.13. The summed E-state index contributed by atoms with van der Waals surface area (Å²) in [6.45, 7) is 7.70. The number of anilines is 1. The Labute approximate surface area is 151 Å². The average molecular weight is 344 g/mol. The summed E-state index contributed by atoms with van der Waals surface area (Å²) in [5, 5.41) is 3.43. The zero-order valence-electron chi connectivity index (χ0n) is 15.9. The Morgan fingerprint density at radius 3 is 2.40 bits per heavy atom. The number of nitrogens with one attached hydrogen (secondary N) is 1. The molecule has 1 aromatic carbocycles. The van der Waals surface area contributed by atoms with Gasteiger partial charge in [-0.1, -0.05) is 31.4 Å². The summed E-state index contributed by atoms with van der Waals surface area (Å²) < 4.78 is 5.81. The van der Waals surface area contributed by atoms with E-state index in [4.69, 9.17) is 4.74 Å². The molecule has 1 aliphatic carbocycles. The largest absolute Gasteiger partial charge is 0.374 e. The minimum Gasteiger partial charge on any atom is -0.374 e. The fraction of sp³-hybridized carbons (Fsp3) is 0.667. The quantitative estimate of drug-likeness (QED) is 0.863. The van der Waals surface area contributed by atoms with Crippen LogP contribution in [0.4, 0.5) is 5.69 Å². The standard InChI is InChI=1S/C21H32N2O2/c1-21(2,3)25-15-16-9-11-17(12-10-16)22-19-13-14-23(20(19)24)18-7-5-4-6-8-18/h9-12,18-19,22H,4-8,13-15H2,1-3H3. The highest BCUT2D eigenvalue weighted by atomic mass is 16.5. The Balaban J connectivity index is 1.53. The first-order chi connectivity index (χ1) is 11.9. The summed E-state index contributed by atoms with van der Waals surface area (Å²) in [5.74, 6) is 0.284. The van der Waals surface area contributed by atoms with Gasteiger partial charge in [-0.3, -0.25) is 4.79 Å². The molecule has 1 amide bonds. The van der Waals surface area contributed by atoms with E-state index in [-0.39, 0.29) is 17.6 Å². The van der Waals surface area contributed by atoms with E-state index in [2.05, 4.69) is 55.3 Å². The molecule has 2 fully saturated rings. The molecule has 1 saturated heterocycles. The predicted molar refractivity (Wildman–Crippen MR) is 102 cm³/mol. The first-order valence-corrected chi connectivity index (χ1v) is 9.72. The van der Waals surface area contributed by atoms with Crippen molar-refractivity contribution >= 4 is 11.6 Å². The Morgan fingerprint density at radius 2 is 1.76 bits per heavy atom. The van der Waals surface area contributed by atoms with Crippen LogP contribution >= 0.6 is 0 Å². The second-order valence-corrected chi connectivity index (χ2v) is 8.41.